The Kier molecular flexibility index (Phi) is 8.23. The van der Waals surface area contributed by atoms with Crippen molar-refractivity contribution in [1.82, 2.24) is 10.3 Å². The quantitative estimate of drug-likeness (QED) is 0.248. The molecular weight excluding hydrogens is 473 g/mol. The van der Waals surface area contributed by atoms with E-state index in [0.29, 0.717) is 23.2 Å². The van der Waals surface area contributed by atoms with Gasteiger partial charge in [0.1, 0.15) is 17.2 Å². The lowest BCUT2D eigenvalue weighted by Crippen LogP contribution is -2.13. The van der Waals surface area contributed by atoms with Crippen molar-refractivity contribution in [2.75, 3.05) is 25.1 Å². The number of aldehydes is 1. The second-order valence-corrected chi connectivity index (χ2v) is 7.66. The van der Waals surface area contributed by atoms with E-state index in [1.807, 2.05) is 14.1 Å². The molecule has 3 aromatic carbocycles. The number of amides is 1. The minimum Gasteiger partial charge on any atom is -0.457 e. The van der Waals surface area contributed by atoms with Gasteiger partial charge in [-0.3, -0.25) is 14.6 Å². The summed E-state index contributed by atoms with van der Waals surface area (Å²) in [4.78, 5) is 27.4. The number of nitrogens with one attached hydrogen (secondary N) is 2. The van der Waals surface area contributed by atoms with Crippen molar-refractivity contribution in [1.29, 1.82) is 0 Å². The van der Waals surface area contributed by atoms with Crippen molar-refractivity contribution in [3.05, 3.63) is 89.7 Å². The van der Waals surface area contributed by atoms with Gasteiger partial charge in [-0.25, -0.2) is 0 Å². The number of halogens is 3. The summed E-state index contributed by atoms with van der Waals surface area (Å²) < 4.78 is 44.8. The highest BCUT2D eigenvalue weighted by molar-refractivity contribution is 6.06. The smallest absolute Gasteiger partial charge is 0.416 e. The number of aromatic nitrogens is 1. The van der Waals surface area contributed by atoms with Gasteiger partial charge >= 0.3 is 6.18 Å². The molecule has 1 heterocycles. The second kappa shape index (κ2) is 11.3. The molecule has 0 fully saturated rings. The first-order valence-corrected chi connectivity index (χ1v) is 10.6. The number of fused-ring (bicyclic) bond motifs is 1. The fraction of sp³-hybridized carbons (Fsp3) is 0.115. The molecule has 0 aliphatic carbocycles. The molecule has 4 N–H and O–H groups in total. The van der Waals surface area contributed by atoms with Crippen LogP contribution in [-0.4, -0.2) is 31.3 Å². The number of ether oxygens (including phenoxy) is 1. The fourth-order valence-electron chi connectivity index (χ4n) is 3.21. The van der Waals surface area contributed by atoms with Crippen LogP contribution < -0.4 is 21.1 Å². The molecule has 0 atom stereocenters. The SMILES string of the molecule is CNC.Nc1cc(NC(=O)c2ccc3ccc(Oc4ccnc(C=O)c4)cc3c2)cc(C(F)(F)F)c1. The van der Waals surface area contributed by atoms with Crippen LogP contribution in [0.3, 0.4) is 0 Å². The van der Waals surface area contributed by atoms with Crippen LogP contribution in [0.5, 0.6) is 11.5 Å². The van der Waals surface area contributed by atoms with Crippen LogP contribution in [0, 0.1) is 0 Å². The molecule has 4 aromatic rings. The number of hydrogen-bond donors (Lipinski definition) is 3. The summed E-state index contributed by atoms with van der Waals surface area (Å²) in [5.74, 6) is 0.294. The number of hydrogen-bond acceptors (Lipinski definition) is 6. The van der Waals surface area contributed by atoms with Crippen molar-refractivity contribution < 1.29 is 27.5 Å². The summed E-state index contributed by atoms with van der Waals surface area (Å²) in [5.41, 5.74) is 4.89. The molecule has 0 aliphatic rings. The molecule has 1 amide bonds. The Balaban J connectivity index is 0.00000115. The van der Waals surface area contributed by atoms with Gasteiger partial charge in [0.05, 0.1) is 5.56 Å². The molecule has 4 rings (SSSR count). The number of alkyl halides is 3. The van der Waals surface area contributed by atoms with Crippen LogP contribution in [0.15, 0.2) is 72.9 Å². The van der Waals surface area contributed by atoms with E-state index in [2.05, 4.69) is 15.6 Å². The van der Waals surface area contributed by atoms with E-state index in [0.717, 1.165) is 17.5 Å². The number of nitrogen functional groups attached to an aromatic ring is 1. The van der Waals surface area contributed by atoms with Gasteiger partial charge in [-0.1, -0.05) is 12.1 Å². The van der Waals surface area contributed by atoms with Gasteiger partial charge in [0.15, 0.2) is 6.29 Å². The second-order valence-electron chi connectivity index (χ2n) is 7.66. The number of carbonyl (C=O) groups is 2. The largest absolute Gasteiger partial charge is 0.457 e. The molecule has 186 valence electrons. The molecular formula is C26H23F3N4O3. The zero-order valence-corrected chi connectivity index (χ0v) is 19.4. The lowest BCUT2D eigenvalue weighted by molar-refractivity contribution is -0.137. The maximum atomic E-state index is 13.0. The number of nitrogens with two attached hydrogens (primary N) is 1. The maximum absolute atomic E-state index is 13.0. The van der Waals surface area contributed by atoms with E-state index in [-0.39, 0.29) is 22.6 Å². The first-order valence-electron chi connectivity index (χ1n) is 10.6. The van der Waals surface area contributed by atoms with Crippen LogP contribution in [0.4, 0.5) is 24.5 Å². The number of rotatable bonds is 5. The monoisotopic (exact) mass is 496 g/mol. The van der Waals surface area contributed by atoms with Crippen molar-refractivity contribution in [2.45, 2.75) is 6.18 Å². The van der Waals surface area contributed by atoms with Crippen molar-refractivity contribution in [3.63, 3.8) is 0 Å². The first-order chi connectivity index (χ1) is 17.1. The number of pyridine rings is 1. The average Bonchev–Trinajstić information content (AvgIpc) is 2.83. The van der Waals surface area contributed by atoms with Gasteiger partial charge in [-0.2, -0.15) is 13.2 Å². The van der Waals surface area contributed by atoms with Crippen LogP contribution in [-0.2, 0) is 6.18 Å². The zero-order valence-electron chi connectivity index (χ0n) is 19.4. The van der Waals surface area contributed by atoms with Crippen LogP contribution in [0.25, 0.3) is 10.8 Å². The third kappa shape index (κ3) is 6.80. The molecule has 0 unspecified atom stereocenters. The molecule has 0 saturated carbocycles. The average molecular weight is 496 g/mol. The highest BCUT2D eigenvalue weighted by atomic mass is 19.4. The standard InChI is InChI=1S/C24H16F3N3O3.C2H7N/c25-24(26,27)17-9-18(28)11-19(10-17)30-23(32)15-2-1-14-3-4-21(8-16(14)7-15)33-22-5-6-29-20(12-22)13-31;1-3-2/h1-13H,28H2,(H,30,32);3H,1-2H3. The summed E-state index contributed by atoms with van der Waals surface area (Å²) in [7, 11) is 3.75. The maximum Gasteiger partial charge on any atom is 0.416 e. The van der Waals surface area contributed by atoms with Gasteiger partial charge < -0.3 is 21.1 Å². The Hall–Kier alpha value is -4.44. The molecule has 0 radical (unpaired) electrons. The van der Waals surface area contributed by atoms with Gasteiger partial charge in [-0.05, 0) is 73.4 Å². The van der Waals surface area contributed by atoms with E-state index < -0.39 is 17.6 Å². The molecule has 0 spiro atoms. The first kappa shape index (κ1) is 26.2. The van der Waals surface area contributed by atoms with Crippen molar-refractivity contribution in [2.24, 2.45) is 0 Å². The highest BCUT2D eigenvalue weighted by Crippen LogP contribution is 2.33. The molecule has 36 heavy (non-hydrogen) atoms. The summed E-state index contributed by atoms with van der Waals surface area (Å²) >= 11 is 0. The molecule has 1 aromatic heterocycles. The minimum absolute atomic E-state index is 0.0619. The van der Waals surface area contributed by atoms with Crippen LogP contribution in [0.2, 0.25) is 0 Å². The predicted octanol–water partition coefficient (Wildman–Crippen LogP) is 5.53. The topological polar surface area (TPSA) is 106 Å². The van der Waals surface area contributed by atoms with Gasteiger partial charge in [-0.15, -0.1) is 0 Å². The Morgan fingerprint density at radius 2 is 1.64 bits per heavy atom. The molecule has 0 aliphatic heterocycles. The lowest BCUT2D eigenvalue weighted by atomic mass is 10.1. The van der Waals surface area contributed by atoms with Gasteiger partial charge in [0, 0.05) is 29.2 Å². The normalized spacial score (nSPS) is 10.8. The Morgan fingerprint density at radius 3 is 2.33 bits per heavy atom. The number of carbonyl (C=O) groups excluding carboxylic acids is 2. The zero-order chi connectivity index (χ0) is 26.3. The third-order valence-electron chi connectivity index (χ3n) is 4.72. The molecule has 0 saturated heterocycles. The molecule has 0 bridgehead atoms. The number of benzene rings is 3. The minimum atomic E-state index is -4.59. The van der Waals surface area contributed by atoms with E-state index in [9.17, 15) is 22.8 Å². The number of anilines is 2. The van der Waals surface area contributed by atoms with Crippen LogP contribution in [0.1, 0.15) is 26.4 Å². The molecule has 10 heteroatoms. The Morgan fingerprint density at radius 1 is 0.944 bits per heavy atom. The van der Waals surface area contributed by atoms with Gasteiger partial charge in [0.2, 0.25) is 0 Å². The van der Waals surface area contributed by atoms with Gasteiger partial charge in [0.25, 0.3) is 5.91 Å². The lowest BCUT2D eigenvalue weighted by Gasteiger charge is -2.12. The van der Waals surface area contributed by atoms with Crippen LogP contribution >= 0.6 is 0 Å². The van der Waals surface area contributed by atoms with Crippen molar-refractivity contribution in [3.8, 4) is 11.5 Å². The summed E-state index contributed by atoms with van der Waals surface area (Å²) in [5, 5.41) is 6.70. The fourth-order valence-corrected chi connectivity index (χ4v) is 3.21. The Bertz CT molecular complexity index is 1390. The highest BCUT2D eigenvalue weighted by Gasteiger charge is 2.31. The summed E-state index contributed by atoms with van der Waals surface area (Å²) in [6.07, 6.45) is -2.53. The van der Waals surface area contributed by atoms with Crippen molar-refractivity contribution >= 4 is 34.3 Å². The van der Waals surface area contributed by atoms with E-state index in [1.165, 1.54) is 18.3 Å². The third-order valence-corrected chi connectivity index (χ3v) is 4.72. The van der Waals surface area contributed by atoms with E-state index >= 15 is 0 Å². The predicted molar refractivity (Wildman–Crippen MR) is 132 cm³/mol. The van der Waals surface area contributed by atoms with E-state index in [1.54, 1.807) is 42.5 Å². The summed E-state index contributed by atoms with van der Waals surface area (Å²) in [6.45, 7) is 0. The van der Waals surface area contributed by atoms with E-state index in [4.69, 9.17) is 10.5 Å². The Labute approximate surface area is 205 Å². The summed E-state index contributed by atoms with van der Waals surface area (Å²) in [6, 6.07) is 16.1. The number of nitrogens with zero attached hydrogens (tertiary/aromatic N) is 1. The molecule has 7 nitrogen and oxygen atoms in total.